The predicted octanol–water partition coefficient (Wildman–Crippen LogP) is 2.63. The van der Waals surface area contributed by atoms with Gasteiger partial charge in [0, 0.05) is 23.4 Å². The van der Waals surface area contributed by atoms with Crippen LogP contribution in [0.3, 0.4) is 0 Å². The van der Waals surface area contributed by atoms with Gasteiger partial charge in [-0.05, 0) is 24.3 Å². The number of nitrogens with one attached hydrogen (secondary N) is 1. The van der Waals surface area contributed by atoms with Crippen LogP contribution in [0.2, 0.25) is 0 Å². The maximum atomic E-state index is 10.3. The van der Waals surface area contributed by atoms with Gasteiger partial charge in [-0.25, -0.2) is 4.79 Å². The molecular formula is C11H12BrNO3. The van der Waals surface area contributed by atoms with E-state index in [1.807, 2.05) is 24.3 Å². The van der Waals surface area contributed by atoms with E-state index >= 15 is 0 Å². The highest BCUT2D eigenvalue weighted by Crippen LogP contribution is 2.26. The lowest BCUT2D eigenvalue weighted by molar-refractivity contribution is 0.0834. The van der Waals surface area contributed by atoms with Gasteiger partial charge in [0.1, 0.15) is 11.9 Å². The first-order valence-corrected chi connectivity index (χ1v) is 5.84. The number of carboxylic acid groups (broad SMARTS) is 1. The van der Waals surface area contributed by atoms with Gasteiger partial charge in [0.15, 0.2) is 0 Å². The lowest BCUT2D eigenvalue weighted by atomic mass is 9.89. The Kier molecular flexibility index (Phi) is 3.33. The smallest absolute Gasteiger partial charge is 0.404 e. The summed E-state index contributed by atoms with van der Waals surface area (Å²) in [5.41, 5.74) is 0. The van der Waals surface area contributed by atoms with E-state index in [-0.39, 0.29) is 12.1 Å². The second-order valence-corrected chi connectivity index (χ2v) is 4.73. The minimum Gasteiger partial charge on any atom is -0.490 e. The highest BCUT2D eigenvalue weighted by molar-refractivity contribution is 9.10. The molecule has 2 N–H and O–H groups in total. The zero-order chi connectivity index (χ0) is 11.5. The first-order valence-electron chi connectivity index (χ1n) is 5.05. The molecule has 0 radical (unpaired) electrons. The summed E-state index contributed by atoms with van der Waals surface area (Å²) in [4.78, 5) is 10.3. The van der Waals surface area contributed by atoms with Crippen LogP contribution in [-0.2, 0) is 0 Å². The van der Waals surface area contributed by atoms with E-state index in [0.29, 0.717) is 0 Å². The minimum atomic E-state index is -0.966. The molecule has 4 nitrogen and oxygen atoms in total. The molecule has 0 bridgehead atoms. The zero-order valence-electron chi connectivity index (χ0n) is 8.52. The van der Waals surface area contributed by atoms with Crippen LogP contribution < -0.4 is 10.1 Å². The number of benzene rings is 1. The van der Waals surface area contributed by atoms with Gasteiger partial charge >= 0.3 is 6.09 Å². The lowest BCUT2D eigenvalue weighted by Gasteiger charge is -2.34. The van der Waals surface area contributed by atoms with E-state index in [1.54, 1.807) is 0 Å². The van der Waals surface area contributed by atoms with Gasteiger partial charge in [0.25, 0.3) is 0 Å². The summed E-state index contributed by atoms with van der Waals surface area (Å²) < 4.78 is 6.68. The van der Waals surface area contributed by atoms with E-state index in [0.717, 1.165) is 23.1 Å². The molecule has 1 aliphatic rings. The van der Waals surface area contributed by atoms with Crippen LogP contribution in [0.5, 0.6) is 5.75 Å². The molecule has 2 rings (SSSR count). The normalized spacial score (nSPS) is 23.3. The van der Waals surface area contributed by atoms with Crippen molar-refractivity contribution in [3.8, 4) is 5.75 Å². The van der Waals surface area contributed by atoms with Crippen molar-refractivity contribution in [1.82, 2.24) is 5.32 Å². The van der Waals surface area contributed by atoms with E-state index in [1.165, 1.54) is 0 Å². The van der Waals surface area contributed by atoms with E-state index in [4.69, 9.17) is 9.84 Å². The van der Waals surface area contributed by atoms with Crippen molar-refractivity contribution in [2.45, 2.75) is 25.0 Å². The molecule has 0 spiro atoms. The summed E-state index contributed by atoms with van der Waals surface area (Å²) in [6.45, 7) is 0. The molecule has 5 heteroatoms. The fourth-order valence-corrected chi connectivity index (χ4v) is 1.92. The Hall–Kier alpha value is -1.23. The quantitative estimate of drug-likeness (QED) is 0.898. The van der Waals surface area contributed by atoms with E-state index < -0.39 is 6.09 Å². The van der Waals surface area contributed by atoms with Gasteiger partial charge in [-0.1, -0.05) is 15.9 Å². The Morgan fingerprint density at radius 2 is 2.00 bits per heavy atom. The highest BCUT2D eigenvalue weighted by atomic mass is 79.9. The lowest BCUT2D eigenvalue weighted by Crippen LogP contribution is -2.48. The van der Waals surface area contributed by atoms with Crippen molar-refractivity contribution in [1.29, 1.82) is 0 Å². The van der Waals surface area contributed by atoms with Gasteiger partial charge < -0.3 is 15.2 Å². The topological polar surface area (TPSA) is 58.6 Å². The Labute approximate surface area is 102 Å². The Balaban J connectivity index is 1.77. The van der Waals surface area contributed by atoms with Crippen molar-refractivity contribution >= 4 is 22.0 Å². The van der Waals surface area contributed by atoms with Crippen LogP contribution in [0.4, 0.5) is 4.79 Å². The number of ether oxygens (including phenoxy) is 1. The Bertz CT molecular complexity index is 373. The van der Waals surface area contributed by atoms with Gasteiger partial charge in [0.05, 0.1) is 0 Å². The Morgan fingerprint density at radius 1 is 1.38 bits per heavy atom. The van der Waals surface area contributed by atoms with Crippen LogP contribution in [0.15, 0.2) is 28.7 Å². The van der Waals surface area contributed by atoms with Crippen LogP contribution in [0.1, 0.15) is 12.8 Å². The molecule has 1 saturated carbocycles. The highest BCUT2D eigenvalue weighted by Gasteiger charge is 2.31. The molecular weight excluding hydrogens is 274 g/mol. The second kappa shape index (κ2) is 4.74. The fourth-order valence-electron chi connectivity index (χ4n) is 1.66. The maximum absolute atomic E-state index is 10.3. The number of hydrogen-bond acceptors (Lipinski definition) is 2. The summed E-state index contributed by atoms with van der Waals surface area (Å²) in [5.74, 6) is 0.821. The number of halogens is 1. The van der Waals surface area contributed by atoms with Crippen LogP contribution in [0.25, 0.3) is 0 Å². The molecule has 1 aliphatic carbocycles. The molecule has 1 aromatic carbocycles. The van der Waals surface area contributed by atoms with Gasteiger partial charge in [-0.15, -0.1) is 0 Å². The molecule has 0 aliphatic heterocycles. The molecule has 0 heterocycles. The van der Waals surface area contributed by atoms with Crippen molar-refractivity contribution in [2.75, 3.05) is 0 Å². The van der Waals surface area contributed by atoms with Gasteiger partial charge in [0.2, 0.25) is 0 Å². The van der Waals surface area contributed by atoms with Crippen molar-refractivity contribution in [3.63, 3.8) is 0 Å². The molecule has 16 heavy (non-hydrogen) atoms. The molecule has 0 unspecified atom stereocenters. The average Bonchev–Trinajstić information content (AvgIpc) is 2.17. The SMILES string of the molecule is O=C(O)N[C@H]1C[C@@H](Oc2ccc(Br)cc2)C1. The average molecular weight is 286 g/mol. The number of carbonyl (C=O) groups is 1. The largest absolute Gasteiger partial charge is 0.490 e. The van der Waals surface area contributed by atoms with Crippen LogP contribution in [0, 0.1) is 0 Å². The predicted molar refractivity (Wildman–Crippen MR) is 62.7 cm³/mol. The summed E-state index contributed by atoms with van der Waals surface area (Å²) in [5, 5.41) is 10.9. The standard InChI is InChI=1S/C11H12BrNO3/c12-7-1-3-9(4-2-7)16-10-5-8(6-10)13-11(14)15/h1-4,8,10,13H,5-6H2,(H,14,15)/t8-,10+. The third kappa shape index (κ3) is 2.88. The second-order valence-electron chi connectivity index (χ2n) is 3.81. The monoisotopic (exact) mass is 285 g/mol. The molecule has 0 aromatic heterocycles. The summed E-state index contributed by atoms with van der Waals surface area (Å²) in [6, 6.07) is 7.66. The van der Waals surface area contributed by atoms with Gasteiger partial charge in [-0.2, -0.15) is 0 Å². The zero-order valence-corrected chi connectivity index (χ0v) is 10.1. The molecule has 1 amide bonds. The summed E-state index contributed by atoms with van der Waals surface area (Å²) >= 11 is 3.35. The molecule has 0 saturated heterocycles. The first-order chi connectivity index (χ1) is 7.63. The maximum Gasteiger partial charge on any atom is 0.404 e. The van der Waals surface area contributed by atoms with Crippen LogP contribution >= 0.6 is 15.9 Å². The minimum absolute atomic E-state index is 0.0398. The van der Waals surface area contributed by atoms with Crippen molar-refractivity contribution in [3.05, 3.63) is 28.7 Å². The molecule has 1 fully saturated rings. The molecule has 0 atom stereocenters. The summed E-state index contributed by atoms with van der Waals surface area (Å²) in [6.07, 6.45) is 0.634. The number of rotatable bonds is 3. The first kappa shape index (κ1) is 11.3. The number of amides is 1. The molecule has 86 valence electrons. The fraction of sp³-hybridized carbons (Fsp3) is 0.364. The van der Waals surface area contributed by atoms with Crippen molar-refractivity contribution < 1.29 is 14.6 Å². The van der Waals surface area contributed by atoms with Crippen LogP contribution in [-0.4, -0.2) is 23.3 Å². The van der Waals surface area contributed by atoms with Gasteiger partial charge in [-0.3, -0.25) is 0 Å². The van der Waals surface area contributed by atoms with Crippen molar-refractivity contribution in [2.24, 2.45) is 0 Å². The van der Waals surface area contributed by atoms with E-state index in [2.05, 4.69) is 21.2 Å². The Morgan fingerprint density at radius 3 is 2.56 bits per heavy atom. The third-order valence-corrected chi connectivity index (χ3v) is 3.07. The molecule has 1 aromatic rings. The number of hydrogen-bond donors (Lipinski definition) is 2. The van der Waals surface area contributed by atoms with E-state index in [9.17, 15) is 4.79 Å². The summed E-state index contributed by atoms with van der Waals surface area (Å²) in [7, 11) is 0. The third-order valence-electron chi connectivity index (χ3n) is 2.54.